The fourth-order valence-corrected chi connectivity index (χ4v) is 19.9. The van der Waals surface area contributed by atoms with Gasteiger partial charge in [0.05, 0.1) is 61.7 Å². The molecule has 2 aliphatic carbocycles. The quantitative estimate of drug-likeness (QED) is 0.0487. The molecule has 0 saturated carbocycles. The summed E-state index contributed by atoms with van der Waals surface area (Å²) < 4.78 is 30.9. The summed E-state index contributed by atoms with van der Waals surface area (Å²) in [5, 5.41) is 4.72. The van der Waals surface area contributed by atoms with Crippen LogP contribution in [0.4, 0.5) is 34.1 Å². The van der Waals surface area contributed by atoms with Crippen LogP contribution in [-0.2, 0) is 46.7 Å². The first-order valence-corrected chi connectivity index (χ1v) is 43.7. The molecule has 21 rings (SSSR count). The molecule has 0 amide bonds. The molecule has 19 aromatic rings. The molecule has 0 fully saturated rings. The van der Waals surface area contributed by atoms with Gasteiger partial charge in [-0.25, -0.2) is 0 Å². The average molecular weight is 1630 g/mol. The highest BCUT2D eigenvalue weighted by Crippen LogP contribution is 2.59. The van der Waals surface area contributed by atoms with Crippen molar-refractivity contribution in [2.24, 2.45) is 0 Å². The Kier molecular flexibility index (Phi) is 20.9. The summed E-state index contributed by atoms with van der Waals surface area (Å²) in [5.74, 6) is 1.69. The van der Waals surface area contributed by atoms with Crippen LogP contribution in [0.3, 0.4) is 0 Å². The number of rotatable bonds is 28. The Morgan fingerprint density at radius 1 is 0.278 bits per heavy atom. The van der Waals surface area contributed by atoms with Crippen LogP contribution in [0.25, 0.3) is 89.4 Å². The van der Waals surface area contributed by atoms with Gasteiger partial charge in [0, 0.05) is 77.9 Å². The van der Waals surface area contributed by atoms with Gasteiger partial charge >= 0.3 is 0 Å². The molecule has 2 aliphatic rings. The average Bonchev–Trinajstić information content (AvgIpc) is 1.55. The standard InChI is InChI=1S/C118H94N4O4/c1-5-83-47-59-99(60-48-83)125-69-67-117(89-25-9-7-10-26-89)109-35-17-13-31-101(109)103-63-55-97(75-111(103)117)119(93-29-21-23-81(3)71-93)95-57-65-115-107(73-95)105-33-15-19-37-113(105)121(115)91-51-43-87(44-52-91)79-123-77-85-39-41-86(42-40-85)78-124-80-88-45-53-92(54-46-88)122-114-38-20-16-34-106(114)108-74-96(58-66-116(108)122)120(94-30-22-24-82(4)72-94)98-56-64-104-102-32-14-18-36-110(102)118(112(104)76-98,90-27-11-8-12-28-90)68-70-126-100-61-49-84(6-2)50-62-100/h5-66,71-76H,1-2,67-70,77-80H2,3-4H3. The summed E-state index contributed by atoms with van der Waals surface area (Å²) in [4.78, 5) is 4.87. The molecule has 610 valence electrons. The minimum atomic E-state index is -0.489. The van der Waals surface area contributed by atoms with Gasteiger partial charge in [-0.3, -0.25) is 0 Å². The summed E-state index contributed by atoms with van der Waals surface area (Å²) in [6.45, 7) is 15.3. The Balaban J connectivity index is 0.491. The number of anilines is 6. The second-order valence-electron chi connectivity index (χ2n) is 33.4. The zero-order valence-corrected chi connectivity index (χ0v) is 70.8. The van der Waals surface area contributed by atoms with Crippen molar-refractivity contribution in [1.82, 2.24) is 9.13 Å². The number of hydrogen-bond acceptors (Lipinski definition) is 6. The number of fused-ring (bicyclic) bond motifs is 12. The van der Waals surface area contributed by atoms with E-state index in [9.17, 15) is 0 Å². The molecule has 0 radical (unpaired) electrons. The molecular formula is C118H94N4O4. The number of nitrogens with zero attached hydrogens (tertiary/aromatic N) is 4. The Hall–Kier alpha value is -15.1. The third-order valence-corrected chi connectivity index (χ3v) is 25.9. The van der Waals surface area contributed by atoms with Crippen molar-refractivity contribution in [2.45, 2.75) is 63.9 Å². The SMILES string of the molecule is C=Cc1ccc(OCCC2(c3ccccc3)c3ccccc3-c3ccc(N(c4cccc(C)c4)c4ccc5c(c4)c4ccccc4n5-c4ccc(COCc5ccc(COCc6ccc(-n7c8ccccc8c8cc(N(c9cccc(C)c9)c9ccc%10c(c9)C(CCOc9ccc(C=C)cc9)(c9ccccc9)c9ccccc9-%10)ccc87)cc6)cc5)cc4)cc32)cc1. The summed E-state index contributed by atoms with van der Waals surface area (Å²) in [5.41, 5.74) is 33.8. The molecule has 2 atom stereocenters. The van der Waals surface area contributed by atoms with E-state index in [4.69, 9.17) is 18.9 Å². The van der Waals surface area contributed by atoms with Crippen molar-refractivity contribution in [2.75, 3.05) is 23.0 Å². The number of aryl methyl sites for hydroxylation is 2. The molecule has 0 spiro atoms. The van der Waals surface area contributed by atoms with Crippen LogP contribution in [0.2, 0.25) is 0 Å². The van der Waals surface area contributed by atoms with Crippen LogP contribution < -0.4 is 19.3 Å². The van der Waals surface area contributed by atoms with Gasteiger partial charge < -0.3 is 37.9 Å². The molecule has 0 N–H and O–H groups in total. The van der Waals surface area contributed by atoms with Gasteiger partial charge in [0.1, 0.15) is 11.5 Å². The number of hydrogen-bond donors (Lipinski definition) is 0. The highest BCUT2D eigenvalue weighted by molar-refractivity contribution is 6.12. The second kappa shape index (κ2) is 33.6. The molecule has 0 bridgehead atoms. The fourth-order valence-electron chi connectivity index (χ4n) is 19.9. The van der Waals surface area contributed by atoms with Crippen molar-refractivity contribution in [3.63, 3.8) is 0 Å². The van der Waals surface area contributed by atoms with E-state index >= 15 is 0 Å². The van der Waals surface area contributed by atoms with Crippen molar-refractivity contribution < 1.29 is 18.9 Å². The van der Waals surface area contributed by atoms with Crippen molar-refractivity contribution >= 4 is 89.9 Å². The maximum absolute atomic E-state index is 6.64. The minimum Gasteiger partial charge on any atom is -0.494 e. The van der Waals surface area contributed by atoms with Crippen molar-refractivity contribution in [1.29, 1.82) is 0 Å². The lowest BCUT2D eigenvalue weighted by Gasteiger charge is -2.34. The molecule has 17 aromatic carbocycles. The van der Waals surface area contributed by atoms with E-state index in [0.717, 1.165) is 125 Å². The lowest BCUT2D eigenvalue weighted by atomic mass is 9.70. The zero-order chi connectivity index (χ0) is 84.7. The first kappa shape index (κ1) is 78.2. The smallest absolute Gasteiger partial charge is 0.119 e. The minimum absolute atomic E-state index is 0.482. The van der Waals surface area contributed by atoms with E-state index in [2.05, 4.69) is 422 Å². The van der Waals surface area contributed by atoms with Crippen LogP contribution in [0.1, 0.15) is 90.7 Å². The molecule has 2 unspecified atom stereocenters. The predicted octanol–water partition coefficient (Wildman–Crippen LogP) is 29.7. The Bertz CT molecular complexity index is 6840. The lowest BCUT2D eigenvalue weighted by Crippen LogP contribution is -2.29. The molecule has 8 heteroatoms. The highest BCUT2D eigenvalue weighted by atomic mass is 16.5. The summed E-state index contributed by atoms with van der Waals surface area (Å²) in [7, 11) is 0. The van der Waals surface area contributed by atoms with E-state index in [1.807, 2.05) is 36.4 Å². The van der Waals surface area contributed by atoms with Crippen LogP contribution in [0, 0.1) is 13.8 Å². The van der Waals surface area contributed by atoms with Crippen molar-refractivity contribution in [3.8, 4) is 45.1 Å². The molecule has 126 heavy (non-hydrogen) atoms. The van der Waals surface area contributed by atoms with Crippen LogP contribution in [0.15, 0.2) is 414 Å². The number of benzene rings is 17. The molecular weight excluding hydrogens is 1540 g/mol. The fraction of sp³-hybridized carbons (Fsp3) is 0.102. The molecule has 8 nitrogen and oxygen atoms in total. The van der Waals surface area contributed by atoms with Crippen molar-refractivity contribution in [3.05, 3.63) is 491 Å². The van der Waals surface area contributed by atoms with Gasteiger partial charge in [0.15, 0.2) is 0 Å². The van der Waals surface area contributed by atoms with Gasteiger partial charge in [-0.15, -0.1) is 0 Å². The molecule has 2 aromatic heterocycles. The largest absolute Gasteiger partial charge is 0.494 e. The van der Waals surface area contributed by atoms with Crippen LogP contribution >= 0.6 is 0 Å². The first-order chi connectivity index (χ1) is 62.1. The Labute approximate surface area is 736 Å². The zero-order valence-electron chi connectivity index (χ0n) is 70.8. The van der Waals surface area contributed by atoms with Crippen LogP contribution in [0.5, 0.6) is 11.5 Å². The molecule has 0 aliphatic heterocycles. The third-order valence-electron chi connectivity index (χ3n) is 25.9. The maximum atomic E-state index is 6.64. The first-order valence-electron chi connectivity index (χ1n) is 43.7. The van der Waals surface area contributed by atoms with Gasteiger partial charge in [-0.1, -0.05) is 280 Å². The summed E-state index contributed by atoms with van der Waals surface area (Å²) in [6, 6.07) is 146. The topological polar surface area (TPSA) is 53.3 Å². The lowest BCUT2D eigenvalue weighted by molar-refractivity contribution is 0.105. The summed E-state index contributed by atoms with van der Waals surface area (Å²) >= 11 is 0. The van der Waals surface area contributed by atoms with E-state index in [1.54, 1.807) is 0 Å². The maximum Gasteiger partial charge on any atom is 0.119 e. The number of ether oxygens (including phenoxy) is 4. The monoisotopic (exact) mass is 1630 g/mol. The van der Waals surface area contributed by atoms with E-state index < -0.39 is 10.8 Å². The van der Waals surface area contributed by atoms with E-state index in [-0.39, 0.29) is 0 Å². The van der Waals surface area contributed by atoms with E-state index in [0.29, 0.717) is 39.6 Å². The normalized spacial score (nSPS) is 14.2. The van der Waals surface area contributed by atoms with Crippen LogP contribution in [-0.4, -0.2) is 22.3 Å². The van der Waals surface area contributed by atoms with E-state index in [1.165, 1.54) is 88.3 Å². The van der Waals surface area contributed by atoms with Gasteiger partial charge in [-0.2, -0.15) is 0 Å². The molecule has 2 heterocycles. The Morgan fingerprint density at radius 2 is 0.611 bits per heavy atom. The Morgan fingerprint density at radius 3 is 1.01 bits per heavy atom. The third kappa shape index (κ3) is 14.4. The van der Waals surface area contributed by atoms with Gasteiger partial charge in [0.25, 0.3) is 0 Å². The molecule has 0 saturated heterocycles. The summed E-state index contributed by atoms with van der Waals surface area (Å²) in [6.07, 6.45) is 5.20. The number of para-hydroxylation sites is 2. The van der Waals surface area contributed by atoms with Gasteiger partial charge in [0.2, 0.25) is 0 Å². The second-order valence-corrected chi connectivity index (χ2v) is 33.4. The highest BCUT2D eigenvalue weighted by Gasteiger charge is 2.47. The van der Waals surface area contributed by atoms with Gasteiger partial charge in [-0.05, 0) is 272 Å². The predicted molar refractivity (Wildman–Crippen MR) is 521 cm³/mol. The number of aromatic nitrogens is 2.